The lowest BCUT2D eigenvalue weighted by molar-refractivity contribution is 0.0178. The quantitative estimate of drug-likeness (QED) is 0.613. The number of aryl methyl sites for hydroxylation is 1. The van der Waals surface area contributed by atoms with Gasteiger partial charge in [-0.05, 0) is 19.1 Å². The minimum Gasteiger partial charge on any atom is -0.489 e. The molecule has 1 aromatic heterocycles. The van der Waals surface area contributed by atoms with E-state index in [1.54, 1.807) is 26.2 Å². The van der Waals surface area contributed by atoms with Crippen LogP contribution in [0.1, 0.15) is 16.2 Å². The van der Waals surface area contributed by atoms with Crippen LogP contribution in [0.15, 0.2) is 12.1 Å². The highest BCUT2D eigenvalue weighted by atomic mass is 16.6. The van der Waals surface area contributed by atoms with E-state index in [4.69, 9.17) is 24.1 Å². The maximum absolute atomic E-state index is 11.0. The second kappa shape index (κ2) is 10.1. The molecule has 7 heteroatoms. The molecule has 0 aliphatic rings. The Bertz CT molecular complexity index is 437. The highest BCUT2D eigenvalue weighted by molar-refractivity contribution is 5.88. The van der Waals surface area contributed by atoms with Crippen molar-refractivity contribution >= 4 is 5.97 Å². The molecule has 1 heterocycles. The van der Waals surface area contributed by atoms with Gasteiger partial charge in [-0.2, -0.15) is 0 Å². The van der Waals surface area contributed by atoms with E-state index in [1.165, 1.54) is 0 Å². The minimum absolute atomic E-state index is 0.0853. The molecule has 0 fully saturated rings. The van der Waals surface area contributed by atoms with E-state index in [0.717, 1.165) is 0 Å². The van der Waals surface area contributed by atoms with Crippen molar-refractivity contribution in [2.75, 3.05) is 46.8 Å². The number of carboxylic acid groups (broad SMARTS) is 1. The summed E-state index contributed by atoms with van der Waals surface area (Å²) in [6.45, 7) is 4.35. The molecule has 0 atom stereocenters. The van der Waals surface area contributed by atoms with E-state index in [9.17, 15) is 4.79 Å². The summed E-state index contributed by atoms with van der Waals surface area (Å²) in [5, 5.41) is 9.03. The van der Waals surface area contributed by atoms with Crippen molar-refractivity contribution in [2.24, 2.45) is 0 Å². The van der Waals surface area contributed by atoms with Gasteiger partial charge in [-0.25, -0.2) is 9.78 Å². The zero-order valence-corrected chi connectivity index (χ0v) is 12.3. The lowest BCUT2D eigenvalue weighted by atomic mass is 10.3. The van der Waals surface area contributed by atoms with Crippen molar-refractivity contribution in [1.82, 2.24) is 4.98 Å². The molecule has 21 heavy (non-hydrogen) atoms. The summed E-state index contributed by atoms with van der Waals surface area (Å²) in [5.41, 5.74) is 0.544. The Labute approximate surface area is 123 Å². The Morgan fingerprint density at radius 3 is 2.33 bits per heavy atom. The first-order chi connectivity index (χ1) is 10.1. The van der Waals surface area contributed by atoms with Gasteiger partial charge in [0, 0.05) is 12.8 Å². The van der Waals surface area contributed by atoms with E-state index in [2.05, 4.69) is 4.98 Å². The first-order valence-corrected chi connectivity index (χ1v) is 6.63. The second-order valence-corrected chi connectivity index (χ2v) is 4.17. The largest absolute Gasteiger partial charge is 0.489 e. The molecular formula is C14H21NO6. The summed E-state index contributed by atoms with van der Waals surface area (Å²) in [6, 6.07) is 3.30. The standard InChI is InChI=1S/C14H21NO6/c1-11-3-4-12(13(15-11)14(16)17)21-10-9-20-8-7-19-6-5-18-2/h3-4H,5-10H2,1-2H3,(H,16,17). The van der Waals surface area contributed by atoms with E-state index in [1.807, 2.05) is 0 Å². The molecule has 0 saturated heterocycles. The van der Waals surface area contributed by atoms with Crippen LogP contribution in [0.4, 0.5) is 0 Å². The molecule has 0 spiro atoms. The van der Waals surface area contributed by atoms with Crippen molar-refractivity contribution < 1.29 is 28.8 Å². The Hall–Kier alpha value is -1.70. The number of methoxy groups -OCH3 is 1. The number of ether oxygens (including phenoxy) is 4. The number of carbonyl (C=O) groups is 1. The van der Waals surface area contributed by atoms with Crippen molar-refractivity contribution in [1.29, 1.82) is 0 Å². The first kappa shape index (κ1) is 17.4. The van der Waals surface area contributed by atoms with Crippen LogP contribution in [0.2, 0.25) is 0 Å². The van der Waals surface area contributed by atoms with Gasteiger partial charge in [0.1, 0.15) is 6.61 Å². The zero-order chi connectivity index (χ0) is 15.5. The summed E-state index contributed by atoms with van der Waals surface area (Å²) in [4.78, 5) is 15.0. The third kappa shape index (κ3) is 7.03. The van der Waals surface area contributed by atoms with E-state index < -0.39 is 5.97 Å². The van der Waals surface area contributed by atoms with E-state index in [-0.39, 0.29) is 18.1 Å². The second-order valence-electron chi connectivity index (χ2n) is 4.17. The monoisotopic (exact) mass is 299 g/mol. The van der Waals surface area contributed by atoms with Crippen LogP contribution in [-0.4, -0.2) is 62.8 Å². The predicted octanol–water partition coefficient (Wildman–Crippen LogP) is 1.15. The highest BCUT2D eigenvalue weighted by Gasteiger charge is 2.13. The number of carboxylic acids is 1. The van der Waals surface area contributed by atoms with E-state index >= 15 is 0 Å². The Morgan fingerprint density at radius 1 is 1.10 bits per heavy atom. The number of rotatable bonds is 11. The third-order valence-corrected chi connectivity index (χ3v) is 2.49. The Kier molecular flexibility index (Phi) is 8.34. The smallest absolute Gasteiger partial charge is 0.358 e. The van der Waals surface area contributed by atoms with Gasteiger partial charge in [0.2, 0.25) is 0 Å². The average Bonchev–Trinajstić information content (AvgIpc) is 2.46. The predicted molar refractivity (Wildman–Crippen MR) is 74.9 cm³/mol. The minimum atomic E-state index is -1.11. The molecule has 1 rings (SSSR count). The van der Waals surface area contributed by atoms with Crippen molar-refractivity contribution in [2.45, 2.75) is 6.92 Å². The lowest BCUT2D eigenvalue weighted by Gasteiger charge is -2.09. The lowest BCUT2D eigenvalue weighted by Crippen LogP contribution is -2.14. The van der Waals surface area contributed by atoms with Crippen molar-refractivity contribution in [3.8, 4) is 5.75 Å². The molecular weight excluding hydrogens is 278 g/mol. The molecule has 0 bridgehead atoms. The van der Waals surface area contributed by atoms with Gasteiger partial charge in [-0.15, -0.1) is 0 Å². The first-order valence-electron chi connectivity index (χ1n) is 6.63. The van der Waals surface area contributed by atoms with Gasteiger partial charge < -0.3 is 24.1 Å². The molecule has 118 valence electrons. The van der Waals surface area contributed by atoms with Gasteiger partial charge in [-0.1, -0.05) is 0 Å². The van der Waals surface area contributed by atoms with Crippen LogP contribution in [0.3, 0.4) is 0 Å². The van der Waals surface area contributed by atoms with Crippen LogP contribution < -0.4 is 4.74 Å². The number of aromatic nitrogens is 1. The molecule has 1 aromatic rings. The molecule has 0 radical (unpaired) electrons. The van der Waals surface area contributed by atoms with Crippen molar-refractivity contribution in [3.05, 3.63) is 23.5 Å². The van der Waals surface area contributed by atoms with Crippen LogP contribution >= 0.6 is 0 Å². The van der Waals surface area contributed by atoms with Gasteiger partial charge in [0.05, 0.1) is 33.0 Å². The van der Waals surface area contributed by atoms with Gasteiger partial charge in [0.25, 0.3) is 0 Å². The van der Waals surface area contributed by atoms with Crippen molar-refractivity contribution in [3.63, 3.8) is 0 Å². The highest BCUT2D eigenvalue weighted by Crippen LogP contribution is 2.16. The van der Waals surface area contributed by atoms with Crippen LogP contribution in [0, 0.1) is 6.92 Å². The number of nitrogens with zero attached hydrogens (tertiary/aromatic N) is 1. The number of hydrogen-bond donors (Lipinski definition) is 1. The van der Waals surface area contributed by atoms with E-state index in [0.29, 0.717) is 38.7 Å². The molecule has 0 unspecified atom stereocenters. The third-order valence-electron chi connectivity index (χ3n) is 2.49. The van der Waals surface area contributed by atoms with Crippen LogP contribution in [0.5, 0.6) is 5.75 Å². The summed E-state index contributed by atoms with van der Waals surface area (Å²) >= 11 is 0. The Morgan fingerprint density at radius 2 is 1.71 bits per heavy atom. The van der Waals surface area contributed by atoms with Gasteiger partial charge >= 0.3 is 5.97 Å². The fourth-order valence-electron chi connectivity index (χ4n) is 1.49. The molecule has 0 aliphatic carbocycles. The normalized spacial score (nSPS) is 10.6. The molecule has 0 saturated carbocycles. The molecule has 0 aromatic carbocycles. The average molecular weight is 299 g/mol. The van der Waals surface area contributed by atoms with Gasteiger partial charge in [0.15, 0.2) is 11.4 Å². The maximum atomic E-state index is 11.0. The fourth-order valence-corrected chi connectivity index (χ4v) is 1.49. The number of hydrogen-bond acceptors (Lipinski definition) is 6. The Balaban J connectivity index is 2.20. The molecule has 7 nitrogen and oxygen atoms in total. The molecule has 1 N–H and O–H groups in total. The fraction of sp³-hybridized carbons (Fsp3) is 0.571. The topological polar surface area (TPSA) is 87.1 Å². The molecule has 0 amide bonds. The summed E-state index contributed by atoms with van der Waals surface area (Å²) < 4.78 is 20.7. The number of pyridine rings is 1. The van der Waals surface area contributed by atoms with Crippen LogP contribution in [0.25, 0.3) is 0 Å². The van der Waals surface area contributed by atoms with Crippen LogP contribution in [-0.2, 0) is 14.2 Å². The SMILES string of the molecule is COCCOCCOCCOc1ccc(C)nc1C(=O)O. The zero-order valence-electron chi connectivity index (χ0n) is 12.3. The maximum Gasteiger partial charge on any atom is 0.358 e. The number of aromatic carboxylic acids is 1. The summed E-state index contributed by atoms with van der Waals surface area (Å²) in [7, 11) is 1.61. The molecule has 0 aliphatic heterocycles. The summed E-state index contributed by atoms with van der Waals surface area (Å²) in [5.74, 6) is -0.866. The van der Waals surface area contributed by atoms with Gasteiger partial charge in [-0.3, -0.25) is 0 Å². The summed E-state index contributed by atoms with van der Waals surface area (Å²) in [6.07, 6.45) is 0.